The van der Waals surface area contributed by atoms with E-state index in [1.54, 1.807) is 0 Å². The van der Waals surface area contributed by atoms with Gasteiger partial charge in [0.1, 0.15) is 12.0 Å². The lowest BCUT2D eigenvalue weighted by molar-refractivity contribution is 0.181. The summed E-state index contributed by atoms with van der Waals surface area (Å²) < 4.78 is 0. The molecule has 0 bridgehead atoms. The zero-order valence-corrected chi connectivity index (χ0v) is 10.1. The van der Waals surface area contributed by atoms with Crippen LogP contribution in [0.3, 0.4) is 0 Å². The number of nitrogens with zero attached hydrogens (tertiary/aromatic N) is 2. The predicted octanol–water partition coefficient (Wildman–Crippen LogP) is 1.52. The van der Waals surface area contributed by atoms with E-state index >= 15 is 0 Å². The monoisotopic (exact) mass is 232 g/mol. The van der Waals surface area contributed by atoms with E-state index in [9.17, 15) is 0 Å². The highest BCUT2D eigenvalue weighted by atomic mass is 15.6. The molecule has 2 atom stereocenters. The molecule has 2 unspecified atom stereocenters. The van der Waals surface area contributed by atoms with Crippen LogP contribution in [0.15, 0.2) is 29.2 Å². The van der Waals surface area contributed by atoms with E-state index in [4.69, 9.17) is 5.73 Å². The fraction of sp³-hybridized carbons (Fsp3) is 0.615. The molecule has 0 saturated heterocycles. The first kappa shape index (κ1) is 10.8. The topological polar surface area (TPSA) is 53.6 Å². The van der Waals surface area contributed by atoms with Crippen molar-refractivity contribution in [1.29, 1.82) is 0 Å². The largest absolute Gasteiger partial charge is 0.384 e. The van der Waals surface area contributed by atoms with Crippen molar-refractivity contribution in [2.24, 2.45) is 16.8 Å². The molecule has 0 amide bonds. The Morgan fingerprint density at radius 3 is 2.94 bits per heavy atom. The highest BCUT2D eigenvalue weighted by molar-refractivity contribution is 5.60. The van der Waals surface area contributed by atoms with Crippen LogP contribution in [0.1, 0.15) is 32.1 Å². The summed E-state index contributed by atoms with van der Waals surface area (Å²) in [4.78, 5) is 0. The van der Waals surface area contributed by atoms with Gasteiger partial charge in [0.15, 0.2) is 0 Å². The quantitative estimate of drug-likeness (QED) is 0.674. The number of rotatable bonds is 1. The van der Waals surface area contributed by atoms with E-state index in [0.717, 1.165) is 12.2 Å². The van der Waals surface area contributed by atoms with Crippen molar-refractivity contribution in [3.63, 3.8) is 0 Å². The molecule has 4 nitrogen and oxygen atoms in total. The predicted molar refractivity (Wildman–Crippen MR) is 69.0 cm³/mol. The van der Waals surface area contributed by atoms with Crippen LogP contribution in [-0.2, 0) is 0 Å². The maximum absolute atomic E-state index is 6.06. The lowest BCUT2D eigenvalue weighted by Gasteiger charge is -2.38. The van der Waals surface area contributed by atoms with Crippen LogP contribution >= 0.6 is 0 Å². The smallest absolute Gasteiger partial charge is 0.119 e. The van der Waals surface area contributed by atoms with E-state index in [1.807, 2.05) is 11.2 Å². The van der Waals surface area contributed by atoms with Gasteiger partial charge in [0.2, 0.25) is 0 Å². The average molecular weight is 232 g/mol. The van der Waals surface area contributed by atoms with Gasteiger partial charge in [0.25, 0.3) is 0 Å². The Hall–Kier alpha value is -1.29. The van der Waals surface area contributed by atoms with Gasteiger partial charge in [-0.3, -0.25) is 5.32 Å². The second-order valence-electron chi connectivity index (χ2n) is 5.27. The zero-order chi connectivity index (χ0) is 11.8. The first-order chi connectivity index (χ1) is 8.24. The molecule has 0 spiro atoms. The highest BCUT2D eigenvalue weighted by Crippen LogP contribution is 2.32. The molecule has 0 radical (unpaired) electrons. The molecule has 2 aliphatic heterocycles. The van der Waals surface area contributed by atoms with E-state index in [1.165, 1.54) is 31.3 Å². The molecule has 0 aromatic carbocycles. The summed E-state index contributed by atoms with van der Waals surface area (Å²) >= 11 is 0. The Morgan fingerprint density at radius 2 is 2.18 bits per heavy atom. The number of fused-ring (bicyclic) bond motifs is 1. The van der Waals surface area contributed by atoms with Crippen molar-refractivity contribution in [3.05, 3.63) is 24.0 Å². The number of hydrazone groups is 1. The molecule has 2 heterocycles. The molecule has 0 aromatic rings. The van der Waals surface area contributed by atoms with Gasteiger partial charge in [0, 0.05) is 18.7 Å². The summed E-state index contributed by atoms with van der Waals surface area (Å²) in [5, 5.41) is 9.80. The van der Waals surface area contributed by atoms with E-state index in [0.29, 0.717) is 12.0 Å². The summed E-state index contributed by atoms with van der Waals surface area (Å²) in [6, 6.07) is 0.408. The molecule has 1 saturated carbocycles. The molecule has 92 valence electrons. The Balaban J connectivity index is 1.71. The Bertz CT molecular complexity index is 375. The number of allylic oxidation sites excluding steroid dienone is 1. The first-order valence-corrected chi connectivity index (χ1v) is 6.46. The van der Waals surface area contributed by atoms with Crippen molar-refractivity contribution < 1.29 is 0 Å². The maximum atomic E-state index is 6.06. The minimum absolute atomic E-state index is 0.273. The molecular weight excluding hydrogens is 212 g/mol. The van der Waals surface area contributed by atoms with Gasteiger partial charge in [-0.05, 0) is 37.7 Å². The van der Waals surface area contributed by atoms with Crippen molar-refractivity contribution >= 4 is 6.21 Å². The van der Waals surface area contributed by atoms with Crippen molar-refractivity contribution in [1.82, 2.24) is 10.3 Å². The lowest BCUT2D eigenvalue weighted by Crippen LogP contribution is -2.53. The molecule has 3 aliphatic rings. The minimum Gasteiger partial charge on any atom is -0.384 e. The SMILES string of the molecule is C=C1CCC(C2C=C(N)N3N=CCC3N2)CC1. The minimum atomic E-state index is 0.273. The third-order valence-corrected chi connectivity index (χ3v) is 4.07. The molecule has 1 aliphatic carbocycles. The van der Waals surface area contributed by atoms with E-state index in [-0.39, 0.29) is 6.17 Å². The molecule has 3 N–H and O–H groups in total. The average Bonchev–Trinajstić information content (AvgIpc) is 2.78. The highest BCUT2D eigenvalue weighted by Gasteiger charge is 2.33. The maximum Gasteiger partial charge on any atom is 0.119 e. The third-order valence-electron chi connectivity index (χ3n) is 4.07. The first-order valence-electron chi connectivity index (χ1n) is 6.46. The molecule has 0 aromatic heterocycles. The summed E-state index contributed by atoms with van der Waals surface area (Å²) in [5.74, 6) is 1.50. The number of hydrogen-bond acceptors (Lipinski definition) is 4. The van der Waals surface area contributed by atoms with E-state index < -0.39 is 0 Å². The van der Waals surface area contributed by atoms with Gasteiger partial charge in [0.05, 0.1) is 0 Å². The third kappa shape index (κ3) is 1.97. The second-order valence-corrected chi connectivity index (χ2v) is 5.27. The summed E-state index contributed by atoms with van der Waals surface area (Å²) in [5.41, 5.74) is 7.46. The molecule has 4 heteroatoms. The molecule has 17 heavy (non-hydrogen) atoms. The van der Waals surface area contributed by atoms with Crippen LogP contribution in [0.4, 0.5) is 0 Å². The van der Waals surface area contributed by atoms with Gasteiger partial charge in [-0.1, -0.05) is 12.2 Å². The van der Waals surface area contributed by atoms with Gasteiger partial charge in [-0.25, -0.2) is 5.01 Å². The lowest BCUT2D eigenvalue weighted by atomic mass is 9.81. The molecule has 3 rings (SSSR count). The summed E-state index contributed by atoms with van der Waals surface area (Å²) in [7, 11) is 0. The van der Waals surface area contributed by atoms with Crippen LogP contribution in [-0.4, -0.2) is 23.4 Å². The zero-order valence-electron chi connectivity index (χ0n) is 10.1. The van der Waals surface area contributed by atoms with Crippen molar-refractivity contribution in [3.8, 4) is 0 Å². The standard InChI is InChI=1S/C13H20N4/c1-9-2-4-10(5-3-9)11-8-12(14)17-13(16-11)6-7-15-17/h7-8,10-11,13,16H,1-6,14H2. The number of nitrogens with one attached hydrogen (secondary N) is 1. The summed E-state index contributed by atoms with van der Waals surface area (Å²) in [6.07, 6.45) is 10.1. The Labute approximate surface area is 102 Å². The number of nitrogens with two attached hydrogens (primary N) is 1. The summed E-state index contributed by atoms with van der Waals surface area (Å²) in [6.45, 7) is 4.07. The Kier molecular flexibility index (Phi) is 2.67. The van der Waals surface area contributed by atoms with Crippen LogP contribution in [0.25, 0.3) is 0 Å². The van der Waals surface area contributed by atoms with Crippen LogP contribution in [0, 0.1) is 5.92 Å². The second kappa shape index (κ2) is 4.18. The van der Waals surface area contributed by atoms with E-state index in [2.05, 4.69) is 23.1 Å². The van der Waals surface area contributed by atoms with Gasteiger partial charge >= 0.3 is 0 Å². The van der Waals surface area contributed by atoms with Gasteiger partial charge in [-0.15, -0.1) is 0 Å². The van der Waals surface area contributed by atoms with Gasteiger partial charge < -0.3 is 5.73 Å². The van der Waals surface area contributed by atoms with Crippen molar-refractivity contribution in [2.45, 2.75) is 44.3 Å². The fourth-order valence-electron chi connectivity index (χ4n) is 3.01. The van der Waals surface area contributed by atoms with Crippen LogP contribution < -0.4 is 11.1 Å². The van der Waals surface area contributed by atoms with Crippen molar-refractivity contribution in [2.75, 3.05) is 0 Å². The normalized spacial score (nSPS) is 33.8. The van der Waals surface area contributed by atoms with Crippen LogP contribution in [0.5, 0.6) is 0 Å². The van der Waals surface area contributed by atoms with Gasteiger partial charge in [-0.2, -0.15) is 5.10 Å². The molecular formula is C13H20N4. The Morgan fingerprint density at radius 1 is 1.41 bits per heavy atom. The molecule has 1 fully saturated rings. The fourth-order valence-corrected chi connectivity index (χ4v) is 3.01. The van der Waals surface area contributed by atoms with Crippen LogP contribution in [0.2, 0.25) is 0 Å². The number of hydrogen-bond donors (Lipinski definition) is 2.